The lowest BCUT2D eigenvalue weighted by Gasteiger charge is -2.32. The Morgan fingerprint density at radius 2 is 2.18 bits per heavy atom. The van der Waals surface area contributed by atoms with Gasteiger partial charge in [0.25, 0.3) is 5.56 Å². The number of fused-ring (bicyclic) bond motifs is 1. The van der Waals surface area contributed by atoms with Crippen molar-refractivity contribution >= 4 is 16.8 Å². The molecule has 1 aliphatic rings. The number of likely N-dealkylation sites (tertiary alicyclic amines) is 1. The zero-order chi connectivity index (χ0) is 15.5. The van der Waals surface area contributed by atoms with Gasteiger partial charge in [-0.15, -0.1) is 5.10 Å². The molecule has 1 atom stereocenters. The number of rotatable bonds is 3. The number of carbonyl (C=O) groups is 1. The van der Waals surface area contributed by atoms with Gasteiger partial charge in [0.15, 0.2) is 0 Å². The van der Waals surface area contributed by atoms with Crippen molar-refractivity contribution in [3.8, 4) is 0 Å². The summed E-state index contributed by atoms with van der Waals surface area (Å²) in [5.74, 6) is 0.516. The molecule has 2 aromatic rings. The van der Waals surface area contributed by atoms with Crippen molar-refractivity contribution in [1.29, 1.82) is 0 Å². The van der Waals surface area contributed by atoms with E-state index in [1.165, 1.54) is 11.1 Å². The van der Waals surface area contributed by atoms with Crippen molar-refractivity contribution in [2.45, 2.75) is 32.7 Å². The molecule has 2 heterocycles. The average molecular weight is 300 g/mol. The Morgan fingerprint density at radius 3 is 3.00 bits per heavy atom. The van der Waals surface area contributed by atoms with Crippen LogP contribution in [0.25, 0.3) is 10.9 Å². The number of piperidine rings is 1. The Hall–Kier alpha value is -2.24. The normalized spacial score (nSPS) is 18.6. The van der Waals surface area contributed by atoms with E-state index < -0.39 is 0 Å². The number of hydrogen-bond donors (Lipinski definition) is 0. The van der Waals surface area contributed by atoms with Crippen molar-refractivity contribution in [3.63, 3.8) is 0 Å². The van der Waals surface area contributed by atoms with Crippen LogP contribution in [0.5, 0.6) is 0 Å². The van der Waals surface area contributed by atoms with Crippen molar-refractivity contribution in [2.75, 3.05) is 13.1 Å². The fourth-order valence-electron chi connectivity index (χ4n) is 2.98. The highest BCUT2D eigenvalue weighted by Gasteiger charge is 2.23. The van der Waals surface area contributed by atoms with Crippen LogP contribution < -0.4 is 5.56 Å². The van der Waals surface area contributed by atoms with Gasteiger partial charge in [-0.3, -0.25) is 9.59 Å². The van der Waals surface area contributed by atoms with Gasteiger partial charge >= 0.3 is 0 Å². The predicted octanol–water partition coefficient (Wildman–Crippen LogP) is 1.44. The minimum absolute atomic E-state index is 0.0346. The number of amides is 1. The molecule has 6 heteroatoms. The quantitative estimate of drug-likeness (QED) is 0.860. The lowest BCUT2D eigenvalue weighted by atomic mass is 9.96. The number of hydrogen-bond acceptors (Lipinski definition) is 4. The molecule has 1 amide bonds. The minimum atomic E-state index is -0.261. The number of aromatic nitrogens is 3. The molecule has 0 saturated carbocycles. The summed E-state index contributed by atoms with van der Waals surface area (Å²) in [5, 5.41) is 8.40. The molecule has 1 aromatic carbocycles. The molecule has 0 radical (unpaired) electrons. The van der Waals surface area contributed by atoms with Gasteiger partial charge in [0, 0.05) is 13.1 Å². The molecule has 0 unspecified atom stereocenters. The zero-order valence-electron chi connectivity index (χ0n) is 12.7. The van der Waals surface area contributed by atoms with Gasteiger partial charge in [0.1, 0.15) is 12.1 Å². The zero-order valence-corrected chi connectivity index (χ0v) is 12.7. The molecule has 1 fully saturated rings. The van der Waals surface area contributed by atoms with Crippen LogP contribution >= 0.6 is 0 Å². The number of benzene rings is 1. The minimum Gasteiger partial charge on any atom is -0.341 e. The molecule has 0 spiro atoms. The van der Waals surface area contributed by atoms with Gasteiger partial charge in [-0.25, -0.2) is 4.68 Å². The summed E-state index contributed by atoms with van der Waals surface area (Å²) in [7, 11) is 0. The van der Waals surface area contributed by atoms with Crippen molar-refractivity contribution in [1.82, 2.24) is 19.9 Å². The maximum absolute atomic E-state index is 12.4. The SMILES string of the molecule is CC[C@@H]1CCCN(C(=O)Cn2nnc3ccccc3c2=O)C1. The monoisotopic (exact) mass is 300 g/mol. The van der Waals surface area contributed by atoms with Gasteiger partial charge in [-0.2, -0.15) is 0 Å². The fraction of sp³-hybridized carbons (Fsp3) is 0.500. The van der Waals surface area contributed by atoms with Crippen LogP contribution in [0.4, 0.5) is 0 Å². The molecular weight excluding hydrogens is 280 g/mol. The lowest BCUT2D eigenvalue weighted by Crippen LogP contribution is -2.43. The summed E-state index contributed by atoms with van der Waals surface area (Å²) in [6.07, 6.45) is 3.29. The molecule has 1 aliphatic heterocycles. The molecule has 0 N–H and O–H groups in total. The molecule has 22 heavy (non-hydrogen) atoms. The maximum Gasteiger partial charge on any atom is 0.278 e. The highest BCUT2D eigenvalue weighted by Crippen LogP contribution is 2.19. The summed E-state index contributed by atoms with van der Waals surface area (Å²) >= 11 is 0. The van der Waals surface area contributed by atoms with Crippen LogP contribution in [-0.4, -0.2) is 38.9 Å². The highest BCUT2D eigenvalue weighted by molar-refractivity contribution is 5.78. The van der Waals surface area contributed by atoms with E-state index in [1.807, 2.05) is 11.0 Å². The van der Waals surface area contributed by atoms with Crippen LogP contribution in [0, 0.1) is 5.92 Å². The lowest BCUT2D eigenvalue weighted by molar-refractivity contribution is -0.134. The van der Waals surface area contributed by atoms with Gasteiger partial charge < -0.3 is 4.90 Å². The number of carbonyl (C=O) groups excluding carboxylic acids is 1. The topological polar surface area (TPSA) is 68.1 Å². The van der Waals surface area contributed by atoms with Crippen LogP contribution in [0.15, 0.2) is 29.1 Å². The van der Waals surface area contributed by atoms with E-state index in [4.69, 9.17) is 0 Å². The molecule has 1 aromatic heterocycles. The Kier molecular flexibility index (Phi) is 4.18. The summed E-state index contributed by atoms with van der Waals surface area (Å²) in [6, 6.07) is 7.05. The van der Waals surface area contributed by atoms with E-state index in [-0.39, 0.29) is 18.0 Å². The molecule has 3 rings (SSSR count). The van der Waals surface area contributed by atoms with E-state index in [2.05, 4.69) is 17.2 Å². The first-order chi connectivity index (χ1) is 10.7. The standard InChI is InChI=1S/C16H20N4O2/c1-2-12-6-5-9-19(10-12)15(21)11-20-16(22)13-7-3-4-8-14(13)17-18-20/h3-4,7-8,12H,2,5-6,9-11H2,1H3/t12-/m1/s1. The Morgan fingerprint density at radius 1 is 1.36 bits per heavy atom. The maximum atomic E-state index is 12.4. The third-order valence-corrected chi connectivity index (χ3v) is 4.36. The molecule has 0 aliphatic carbocycles. The second-order valence-electron chi connectivity index (χ2n) is 5.83. The first-order valence-electron chi connectivity index (χ1n) is 7.79. The Labute approximate surface area is 128 Å². The summed E-state index contributed by atoms with van der Waals surface area (Å²) in [4.78, 5) is 26.6. The van der Waals surface area contributed by atoms with Crippen LogP contribution in [0.3, 0.4) is 0 Å². The second-order valence-corrected chi connectivity index (χ2v) is 5.83. The van der Waals surface area contributed by atoms with Gasteiger partial charge in [-0.05, 0) is 30.9 Å². The van der Waals surface area contributed by atoms with Crippen LogP contribution in [-0.2, 0) is 11.3 Å². The second kappa shape index (κ2) is 6.25. The highest BCUT2D eigenvalue weighted by atomic mass is 16.2. The Bertz CT molecular complexity index is 740. The van der Waals surface area contributed by atoms with Gasteiger partial charge in [0.05, 0.1) is 5.39 Å². The average Bonchev–Trinajstić information content (AvgIpc) is 2.57. The van der Waals surface area contributed by atoms with Crippen molar-refractivity contribution < 1.29 is 4.79 Å². The van der Waals surface area contributed by atoms with E-state index in [0.29, 0.717) is 16.8 Å². The molecule has 6 nitrogen and oxygen atoms in total. The fourth-order valence-corrected chi connectivity index (χ4v) is 2.98. The summed E-state index contributed by atoms with van der Waals surface area (Å²) < 4.78 is 1.17. The number of nitrogens with zero attached hydrogens (tertiary/aromatic N) is 4. The molecule has 116 valence electrons. The van der Waals surface area contributed by atoms with E-state index >= 15 is 0 Å². The third-order valence-electron chi connectivity index (χ3n) is 4.36. The van der Waals surface area contributed by atoms with Gasteiger partial charge in [-0.1, -0.05) is 30.7 Å². The van der Waals surface area contributed by atoms with E-state index in [9.17, 15) is 9.59 Å². The van der Waals surface area contributed by atoms with Crippen LogP contribution in [0.1, 0.15) is 26.2 Å². The summed E-state index contributed by atoms with van der Waals surface area (Å²) in [5.41, 5.74) is 0.295. The molecule has 1 saturated heterocycles. The Balaban J connectivity index is 1.79. The predicted molar refractivity (Wildman–Crippen MR) is 83.4 cm³/mol. The smallest absolute Gasteiger partial charge is 0.278 e. The third kappa shape index (κ3) is 2.86. The first-order valence-corrected chi connectivity index (χ1v) is 7.79. The first kappa shape index (κ1) is 14.7. The van der Waals surface area contributed by atoms with Crippen molar-refractivity contribution in [2.24, 2.45) is 5.92 Å². The van der Waals surface area contributed by atoms with Crippen LogP contribution in [0.2, 0.25) is 0 Å². The van der Waals surface area contributed by atoms with E-state index in [1.54, 1.807) is 18.2 Å². The molecule has 0 bridgehead atoms. The van der Waals surface area contributed by atoms with Gasteiger partial charge in [0.2, 0.25) is 5.91 Å². The van der Waals surface area contributed by atoms with E-state index in [0.717, 1.165) is 25.9 Å². The molecular formula is C16H20N4O2. The summed E-state index contributed by atoms with van der Waals surface area (Å²) in [6.45, 7) is 3.67. The van der Waals surface area contributed by atoms with Crippen molar-refractivity contribution in [3.05, 3.63) is 34.6 Å². The largest absolute Gasteiger partial charge is 0.341 e.